The second-order valence-electron chi connectivity index (χ2n) is 5.50. The van der Waals surface area contributed by atoms with E-state index in [2.05, 4.69) is 20.4 Å². The van der Waals surface area contributed by atoms with E-state index < -0.39 is 5.91 Å². The SMILES string of the molecule is Cc1cc(C)nc(NC(=O)c2nc(C)n(-c3ccc(Cl)cc3)n2)c1. The van der Waals surface area contributed by atoms with E-state index in [1.54, 1.807) is 29.8 Å². The van der Waals surface area contributed by atoms with Gasteiger partial charge in [-0.05, 0) is 62.7 Å². The Hall–Kier alpha value is -2.73. The minimum atomic E-state index is -0.400. The first-order chi connectivity index (χ1) is 11.4. The first-order valence-corrected chi connectivity index (χ1v) is 7.76. The Labute approximate surface area is 144 Å². The maximum Gasteiger partial charge on any atom is 0.296 e. The van der Waals surface area contributed by atoms with Gasteiger partial charge >= 0.3 is 0 Å². The maximum atomic E-state index is 12.4. The second-order valence-corrected chi connectivity index (χ2v) is 5.93. The summed E-state index contributed by atoms with van der Waals surface area (Å²) in [5, 5.41) is 7.64. The fourth-order valence-electron chi connectivity index (χ4n) is 2.39. The third-order valence-electron chi connectivity index (χ3n) is 3.38. The molecule has 0 bridgehead atoms. The standard InChI is InChI=1S/C17H16ClN5O/c1-10-8-11(2)19-15(9-10)21-17(24)16-20-12(3)23(22-16)14-6-4-13(18)5-7-14/h4-9H,1-3H3,(H,19,21,24). The summed E-state index contributed by atoms with van der Waals surface area (Å²) in [5.74, 6) is 0.778. The van der Waals surface area contributed by atoms with Gasteiger partial charge in [0.2, 0.25) is 5.82 Å². The van der Waals surface area contributed by atoms with Crippen LogP contribution in [0.3, 0.4) is 0 Å². The molecule has 1 aromatic carbocycles. The summed E-state index contributed by atoms with van der Waals surface area (Å²) in [4.78, 5) is 20.9. The van der Waals surface area contributed by atoms with Crippen molar-refractivity contribution in [3.05, 3.63) is 64.3 Å². The highest BCUT2D eigenvalue weighted by molar-refractivity contribution is 6.30. The molecule has 2 aromatic heterocycles. The number of rotatable bonds is 3. The van der Waals surface area contributed by atoms with Gasteiger partial charge in [-0.1, -0.05) is 11.6 Å². The van der Waals surface area contributed by atoms with Crippen molar-refractivity contribution in [3.63, 3.8) is 0 Å². The molecule has 2 heterocycles. The summed E-state index contributed by atoms with van der Waals surface area (Å²) in [7, 11) is 0. The Morgan fingerprint density at radius 1 is 1.08 bits per heavy atom. The van der Waals surface area contributed by atoms with Crippen molar-refractivity contribution in [2.24, 2.45) is 0 Å². The quantitative estimate of drug-likeness (QED) is 0.791. The highest BCUT2D eigenvalue weighted by Crippen LogP contribution is 2.15. The number of anilines is 1. The zero-order chi connectivity index (χ0) is 17.3. The predicted molar refractivity (Wildman–Crippen MR) is 92.8 cm³/mol. The Kier molecular flexibility index (Phi) is 4.31. The molecule has 24 heavy (non-hydrogen) atoms. The number of carbonyl (C=O) groups excluding carboxylic acids is 1. The average molecular weight is 342 g/mol. The Bertz CT molecular complexity index is 882. The first-order valence-electron chi connectivity index (χ1n) is 7.38. The predicted octanol–water partition coefficient (Wildman–Crippen LogP) is 3.49. The smallest absolute Gasteiger partial charge is 0.296 e. The molecule has 0 fully saturated rings. The average Bonchev–Trinajstić information content (AvgIpc) is 2.89. The fraction of sp³-hybridized carbons (Fsp3) is 0.176. The normalized spacial score (nSPS) is 10.7. The van der Waals surface area contributed by atoms with E-state index in [0.29, 0.717) is 16.7 Å². The summed E-state index contributed by atoms with van der Waals surface area (Å²) in [6.07, 6.45) is 0. The molecule has 7 heteroatoms. The molecule has 1 amide bonds. The third kappa shape index (κ3) is 3.44. The van der Waals surface area contributed by atoms with E-state index in [9.17, 15) is 4.79 Å². The van der Waals surface area contributed by atoms with E-state index in [0.717, 1.165) is 16.9 Å². The van der Waals surface area contributed by atoms with Crippen LogP contribution >= 0.6 is 11.6 Å². The van der Waals surface area contributed by atoms with Crippen molar-refractivity contribution < 1.29 is 4.79 Å². The van der Waals surface area contributed by atoms with Crippen LogP contribution in [0, 0.1) is 20.8 Å². The lowest BCUT2D eigenvalue weighted by atomic mass is 10.2. The summed E-state index contributed by atoms with van der Waals surface area (Å²) in [5.41, 5.74) is 2.64. The lowest BCUT2D eigenvalue weighted by Crippen LogP contribution is -2.15. The van der Waals surface area contributed by atoms with E-state index in [-0.39, 0.29) is 5.82 Å². The molecule has 0 saturated heterocycles. The van der Waals surface area contributed by atoms with Crippen LogP contribution < -0.4 is 5.32 Å². The van der Waals surface area contributed by atoms with Crippen LogP contribution in [-0.4, -0.2) is 25.7 Å². The van der Waals surface area contributed by atoms with Crippen LogP contribution in [0.15, 0.2) is 36.4 Å². The van der Waals surface area contributed by atoms with Crippen LogP contribution in [-0.2, 0) is 0 Å². The minimum absolute atomic E-state index is 0.0865. The van der Waals surface area contributed by atoms with E-state index in [1.807, 2.05) is 32.0 Å². The Balaban J connectivity index is 1.86. The largest absolute Gasteiger partial charge is 0.304 e. The minimum Gasteiger partial charge on any atom is -0.304 e. The number of amides is 1. The van der Waals surface area contributed by atoms with Crippen molar-refractivity contribution in [3.8, 4) is 5.69 Å². The number of carbonyl (C=O) groups is 1. The molecule has 0 aliphatic carbocycles. The summed E-state index contributed by atoms with van der Waals surface area (Å²) < 4.78 is 1.60. The number of benzene rings is 1. The summed E-state index contributed by atoms with van der Waals surface area (Å²) >= 11 is 5.89. The molecular formula is C17H16ClN5O. The van der Waals surface area contributed by atoms with Crippen molar-refractivity contribution >= 4 is 23.3 Å². The second kappa shape index (κ2) is 6.41. The molecule has 0 unspecified atom stereocenters. The summed E-state index contributed by atoms with van der Waals surface area (Å²) in [6, 6.07) is 10.9. The van der Waals surface area contributed by atoms with Crippen LogP contribution in [0.25, 0.3) is 5.69 Å². The zero-order valence-corrected chi connectivity index (χ0v) is 14.3. The number of hydrogen-bond donors (Lipinski definition) is 1. The lowest BCUT2D eigenvalue weighted by Gasteiger charge is -2.04. The van der Waals surface area contributed by atoms with Gasteiger partial charge in [-0.2, -0.15) is 0 Å². The van der Waals surface area contributed by atoms with Gasteiger partial charge in [0.25, 0.3) is 5.91 Å². The molecule has 0 atom stereocenters. The highest BCUT2D eigenvalue weighted by atomic mass is 35.5. The molecule has 0 saturated carbocycles. The Morgan fingerprint density at radius 3 is 2.46 bits per heavy atom. The van der Waals surface area contributed by atoms with Crippen LogP contribution in [0.4, 0.5) is 5.82 Å². The van der Waals surface area contributed by atoms with E-state index in [4.69, 9.17) is 11.6 Å². The van der Waals surface area contributed by atoms with Crippen LogP contribution in [0.1, 0.15) is 27.7 Å². The van der Waals surface area contributed by atoms with Crippen molar-refractivity contribution in [2.45, 2.75) is 20.8 Å². The zero-order valence-electron chi connectivity index (χ0n) is 13.5. The van der Waals surface area contributed by atoms with Crippen LogP contribution in [0.5, 0.6) is 0 Å². The third-order valence-corrected chi connectivity index (χ3v) is 3.63. The van der Waals surface area contributed by atoms with E-state index in [1.165, 1.54) is 0 Å². The molecular weight excluding hydrogens is 326 g/mol. The molecule has 6 nitrogen and oxygen atoms in total. The monoisotopic (exact) mass is 341 g/mol. The van der Waals surface area contributed by atoms with Gasteiger partial charge in [0.15, 0.2) is 0 Å². The number of halogens is 1. The topological polar surface area (TPSA) is 72.7 Å². The molecule has 0 spiro atoms. The van der Waals surface area contributed by atoms with Gasteiger partial charge in [-0.3, -0.25) is 4.79 Å². The van der Waals surface area contributed by atoms with Crippen molar-refractivity contribution in [2.75, 3.05) is 5.32 Å². The fourth-order valence-corrected chi connectivity index (χ4v) is 2.52. The lowest BCUT2D eigenvalue weighted by molar-refractivity contribution is 0.101. The highest BCUT2D eigenvalue weighted by Gasteiger charge is 2.16. The van der Waals surface area contributed by atoms with Crippen molar-refractivity contribution in [1.82, 2.24) is 19.7 Å². The van der Waals surface area contributed by atoms with Gasteiger partial charge < -0.3 is 5.32 Å². The molecule has 122 valence electrons. The number of aryl methyl sites for hydroxylation is 3. The molecule has 0 aliphatic heterocycles. The van der Waals surface area contributed by atoms with Gasteiger partial charge in [0.05, 0.1) is 5.69 Å². The molecule has 0 aliphatic rings. The summed E-state index contributed by atoms with van der Waals surface area (Å²) in [6.45, 7) is 5.61. The number of aromatic nitrogens is 4. The number of hydrogen-bond acceptors (Lipinski definition) is 4. The first kappa shape index (κ1) is 16.1. The van der Waals surface area contributed by atoms with E-state index >= 15 is 0 Å². The number of nitrogens with zero attached hydrogens (tertiary/aromatic N) is 4. The molecule has 3 aromatic rings. The maximum absolute atomic E-state index is 12.4. The number of pyridine rings is 1. The van der Waals surface area contributed by atoms with Gasteiger partial charge in [0, 0.05) is 10.7 Å². The number of nitrogens with one attached hydrogen (secondary N) is 1. The van der Waals surface area contributed by atoms with Gasteiger partial charge in [-0.25, -0.2) is 14.6 Å². The van der Waals surface area contributed by atoms with Gasteiger partial charge in [0.1, 0.15) is 11.6 Å². The molecule has 1 N–H and O–H groups in total. The van der Waals surface area contributed by atoms with Gasteiger partial charge in [-0.15, -0.1) is 5.10 Å². The molecule has 0 radical (unpaired) electrons. The van der Waals surface area contributed by atoms with Crippen molar-refractivity contribution in [1.29, 1.82) is 0 Å². The van der Waals surface area contributed by atoms with Crippen LogP contribution in [0.2, 0.25) is 5.02 Å². The Morgan fingerprint density at radius 2 is 1.79 bits per heavy atom. The molecule has 3 rings (SSSR count).